The molecule has 2 N–H and O–H groups in total. The van der Waals surface area contributed by atoms with Crippen LogP contribution in [0, 0.1) is 0 Å². The molecule has 0 aromatic rings. The van der Waals surface area contributed by atoms with E-state index in [1.807, 2.05) is 11.5 Å². The van der Waals surface area contributed by atoms with Crippen LogP contribution in [0.2, 0.25) is 0 Å². The molecule has 0 fully saturated rings. The molecule has 5 nitrogen and oxygen atoms in total. The standard InChI is InChI=1S/C7H9N5/c1-2-12-4-11-7-5(6(12)8)9-3-10-7/h3-4H,2,8H2,1H3. The number of nitrogen functional groups attached to an aromatic ring is 1. The van der Waals surface area contributed by atoms with Crippen LogP contribution in [0.15, 0.2) is 12.7 Å². The lowest BCUT2D eigenvalue weighted by Gasteiger charge is -2.08. The number of anilines is 1. The highest BCUT2D eigenvalue weighted by atomic mass is 15.1. The number of rotatable bonds is 1. The van der Waals surface area contributed by atoms with Gasteiger partial charge in [0, 0.05) is 6.54 Å². The number of hydrogen-bond acceptors (Lipinski definition) is 4. The van der Waals surface area contributed by atoms with E-state index in [2.05, 4.69) is 15.0 Å². The molecule has 0 aromatic carbocycles. The van der Waals surface area contributed by atoms with Crippen molar-refractivity contribution in [2.75, 3.05) is 5.73 Å². The Labute approximate surface area is 69.6 Å². The van der Waals surface area contributed by atoms with Gasteiger partial charge < -0.3 is 10.3 Å². The van der Waals surface area contributed by atoms with Crippen LogP contribution in [0.4, 0.5) is 5.82 Å². The van der Waals surface area contributed by atoms with E-state index in [1.54, 1.807) is 6.33 Å². The van der Waals surface area contributed by atoms with Crippen molar-refractivity contribution in [2.45, 2.75) is 13.5 Å². The van der Waals surface area contributed by atoms with Gasteiger partial charge in [-0.15, -0.1) is 0 Å². The quantitative estimate of drug-likeness (QED) is 0.659. The molecule has 62 valence electrons. The maximum absolute atomic E-state index is 5.79. The summed E-state index contributed by atoms with van der Waals surface area (Å²) >= 11 is 0. The predicted molar refractivity (Wildman–Crippen MR) is 44.5 cm³/mol. The predicted octanol–water partition coefficient (Wildman–Crippen LogP) is 0.380. The van der Waals surface area contributed by atoms with Gasteiger partial charge in [0.25, 0.3) is 0 Å². The Bertz CT molecular complexity index is 366. The second-order valence-corrected chi connectivity index (χ2v) is 2.46. The summed E-state index contributed by atoms with van der Waals surface area (Å²) in [5.74, 6) is 1.23. The molecular formula is C7H9N5. The minimum absolute atomic E-state index is 0.609. The molecule has 0 amide bonds. The normalized spacial score (nSPS) is 10.8. The van der Waals surface area contributed by atoms with Crippen molar-refractivity contribution in [1.29, 1.82) is 0 Å². The zero-order valence-electron chi connectivity index (χ0n) is 6.73. The Kier molecular flexibility index (Phi) is 1.43. The summed E-state index contributed by atoms with van der Waals surface area (Å²) in [6.45, 7) is 2.79. The monoisotopic (exact) mass is 163 g/mol. The highest BCUT2D eigenvalue weighted by molar-refractivity contribution is 5.64. The van der Waals surface area contributed by atoms with Crippen molar-refractivity contribution in [3.63, 3.8) is 0 Å². The first-order valence-electron chi connectivity index (χ1n) is 3.74. The van der Waals surface area contributed by atoms with Crippen molar-refractivity contribution in [3.8, 4) is 11.5 Å². The summed E-state index contributed by atoms with van der Waals surface area (Å²) < 4.78 is 1.83. The van der Waals surface area contributed by atoms with E-state index < -0.39 is 0 Å². The van der Waals surface area contributed by atoms with Gasteiger partial charge >= 0.3 is 0 Å². The number of nitrogens with zero attached hydrogens (tertiary/aromatic N) is 4. The van der Waals surface area contributed by atoms with E-state index in [0.29, 0.717) is 17.3 Å². The summed E-state index contributed by atoms with van der Waals surface area (Å²) in [6.07, 6.45) is 3.14. The fourth-order valence-electron chi connectivity index (χ4n) is 1.11. The molecule has 0 unspecified atom stereocenters. The lowest BCUT2D eigenvalue weighted by Crippen LogP contribution is -2.08. The Balaban J connectivity index is 2.70. The first-order valence-corrected chi connectivity index (χ1v) is 3.74. The third-order valence-corrected chi connectivity index (χ3v) is 1.79. The third-order valence-electron chi connectivity index (χ3n) is 1.79. The van der Waals surface area contributed by atoms with E-state index in [-0.39, 0.29) is 0 Å². The van der Waals surface area contributed by atoms with Crippen molar-refractivity contribution in [3.05, 3.63) is 12.7 Å². The summed E-state index contributed by atoms with van der Waals surface area (Å²) in [5.41, 5.74) is 6.47. The lowest BCUT2D eigenvalue weighted by molar-refractivity contribution is 0.744. The molecule has 2 aliphatic rings. The maximum Gasteiger partial charge on any atom is 0.184 e. The SMILES string of the molecule is CCn1cnc2ncnc-2c1N. The van der Waals surface area contributed by atoms with E-state index in [1.165, 1.54) is 6.33 Å². The molecule has 0 atom stereocenters. The fraction of sp³-hybridized carbons (Fsp3) is 0.286. The van der Waals surface area contributed by atoms with Gasteiger partial charge in [-0.25, -0.2) is 15.0 Å². The summed E-state index contributed by atoms with van der Waals surface area (Å²) in [6, 6.07) is 0. The van der Waals surface area contributed by atoms with Crippen LogP contribution in [0.1, 0.15) is 6.92 Å². The molecule has 0 radical (unpaired) electrons. The minimum atomic E-state index is 0.609. The average molecular weight is 163 g/mol. The molecule has 5 heteroatoms. The van der Waals surface area contributed by atoms with Crippen molar-refractivity contribution in [2.24, 2.45) is 0 Å². The van der Waals surface area contributed by atoms with Gasteiger partial charge in [0.15, 0.2) is 5.82 Å². The number of imidazole rings is 1. The zero-order valence-corrected chi connectivity index (χ0v) is 6.73. The van der Waals surface area contributed by atoms with Crippen molar-refractivity contribution < 1.29 is 0 Å². The van der Waals surface area contributed by atoms with E-state index in [4.69, 9.17) is 5.73 Å². The van der Waals surface area contributed by atoms with Crippen molar-refractivity contribution >= 4 is 5.82 Å². The number of aryl methyl sites for hydroxylation is 1. The van der Waals surface area contributed by atoms with Gasteiger partial charge in [0.2, 0.25) is 0 Å². The van der Waals surface area contributed by atoms with Crippen LogP contribution < -0.4 is 5.73 Å². The van der Waals surface area contributed by atoms with Crippen molar-refractivity contribution in [1.82, 2.24) is 19.5 Å². The number of nitrogens with two attached hydrogens (primary N) is 1. The number of aromatic nitrogens is 4. The number of hydrogen-bond donors (Lipinski definition) is 1. The molecule has 0 spiro atoms. The first kappa shape index (κ1) is 7.02. The Morgan fingerprint density at radius 1 is 1.42 bits per heavy atom. The Hall–Kier alpha value is -1.65. The maximum atomic E-state index is 5.79. The van der Waals surface area contributed by atoms with Gasteiger partial charge in [0.1, 0.15) is 17.8 Å². The third kappa shape index (κ3) is 0.827. The molecule has 0 saturated heterocycles. The first-order chi connectivity index (χ1) is 5.83. The van der Waals surface area contributed by atoms with Crippen LogP contribution in [0.3, 0.4) is 0 Å². The molecule has 12 heavy (non-hydrogen) atoms. The second-order valence-electron chi connectivity index (χ2n) is 2.46. The minimum Gasteiger partial charge on any atom is -0.383 e. The number of fused-ring (bicyclic) bond motifs is 1. The van der Waals surface area contributed by atoms with E-state index in [0.717, 1.165) is 6.54 Å². The smallest absolute Gasteiger partial charge is 0.184 e. The molecule has 0 aromatic heterocycles. The highest BCUT2D eigenvalue weighted by Crippen LogP contribution is 2.20. The molecule has 0 saturated carbocycles. The van der Waals surface area contributed by atoms with Gasteiger partial charge in [-0.1, -0.05) is 0 Å². The summed E-state index contributed by atoms with van der Waals surface area (Å²) in [4.78, 5) is 12.0. The summed E-state index contributed by atoms with van der Waals surface area (Å²) in [5, 5.41) is 0. The molecule has 2 rings (SSSR count). The van der Waals surface area contributed by atoms with Gasteiger partial charge in [-0.2, -0.15) is 0 Å². The van der Waals surface area contributed by atoms with E-state index in [9.17, 15) is 0 Å². The van der Waals surface area contributed by atoms with Crippen LogP contribution in [-0.2, 0) is 6.54 Å². The largest absolute Gasteiger partial charge is 0.383 e. The molecular weight excluding hydrogens is 154 g/mol. The average Bonchev–Trinajstić information content (AvgIpc) is 2.53. The van der Waals surface area contributed by atoms with Gasteiger partial charge in [0.05, 0.1) is 6.33 Å². The van der Waals surface area contributed by atoms with Crippen LogP contribution in [0.5, 0.6) is 0 Å². The van der Waals surface area contributed by atoms with Crippen LogP contribution >= 0.6 is 0 Å². The Morgan fingerprint density at radius 3 is 3.00 bits per heavy atom. The second kappa shape index (κ2) is 2.44. The highest BCUT2D eigenvalue weighted by Gasteiger charge is 2.12. The van der Waals surface area contributed by atoms with Crippen LogP contribution in [0.25, 0.3) is 11.5 Å². The summed E-state index contributed by atoms with van der Waals surface area (Å²) in [7, 11) is 0. The molecule has 2 heterocycles. The molecule has 2 aliphatic heterocycles. The topological polar surface area (TPSA) is 69.6 Å². The van der Waals surface area contributed by atoms with E-state index >= 15 is 0 Å². The molecule has 0 aliphatic carbocycles. The van der Waals surface area contributed by atoms with Gasteiger partial charge in [-0.05, 0) is 6.92 Å². The van der Waals surface area contributed by atoms with Crippen LogP contribution in [-0.4, -0.2) is 19.5 Å². The zero-order chi connectivity index (χ0) is 8.55. The fourth-order valence-corrected chi connectivity index (χ4v) is 1.11. The molecule has 0 bridgehead atoms. The van der Waals surface area contributed by atoms with Gasteiger partial charge in [-0.3, -0.25) is 0 Å². The lowest BCUT2D eigenvalue weighted by atomic mass is 10.4. The Morgan fingerprint density at radius 2 is 2.25 bits per heavy atom.